The largest absolute Gasteiger partial charge is 0.476 e. The Morgan fingerprint density at radius 1 is 0.700 bits per heavy atom. The minimum Gasteiger partial charge on any atom is -0.476 e. The van der Waals surface area contributed by atoms with Gasteiger partial charge >= 0.3 is 0 Å². The van der Waals surface area contributed by atoms with Crippen LogP contribution in [-0.4, -0.2) is 70.3 Å². The van der Waals surface area contributed by atoms with Crippen molar-refractivity contribution in [2.45, 2.75) is 91.4 Å². The van der Waals surface area contributed by atoms with Gasteiger partial charge in [0.05, 0.1) is 49.9 Å². The third-order valence-electron chi connectivity index (χ3n) is 7.83. The molecule has 4 atom stereocenters. The topological polar surface area (TPSA) is 31.4 Å². The number of fused-ring (bicyclic) bond motifs is 2. The number of hydrogen-bond acceptors (Lipinski definition) is 6. The molecular weight excluding hydrogens is 376 g/mol. The summed E-state index contributed by atoms with van der Waals surface area (Å²) in [5.74, 6) is 2.16. The Morgan fingerprint density at radius 3 is 1.47 bits per heavy atom. The van der Waals surface area contributed by atoms with E-state index >= 15 is 0 Å². The van der Waals surface area contributed by atoms with E-state index in [1.165, 1.54) is 25.7 Å². The number of ether oxygens (including phenoxy) is 2. The Morgan fingerprint density at radius 2 is 1.10 bits per heavy atom. The summed E-state index contributed by atoms with van der Waals surface area (Å²) >= 11 is 0. The lowest BCUT2D eigenvalue weighted by molar-refractivity contribution is 0.0499. The van der Waals surface area contributed by atoms with Gasteiger partial charge in [0.25, 0.3) is 0 Å². The van der Waals surface area contributed by atoms with Crippen molar-refractivity contribution < 1.29 is 9.47 Å². The first-order valence-corrected chi connectivity index (χ1v) is 11.9. The Bertz CT molecular complexity index is 672. The highest BCUT2D eigenvalue weighted by molar-refractivity contribution is 5.14. The van der Waals surface area contributed by atoms with Crippen LogP contribution in [0.2, 0.25) is 0 Å². The molecule has 2 unspecified atom stereocenters. The van der Waals surface area contributed by atoms with Crippen LogP contribution >= 0.6 is 0 Å². The third-order valence-corrected chi connectivity index (χ3v) is 7.83. The van der Waals surface area contributed by atoms with E-state index in [1.54, 1.807) is 0 Å². The first kappa shape index (κ1) is 20.2. The Kier molecular flexibility index (Phi) is 4.64. The summed E-state index contributed by atoms with van der Waals surface area (Å²) in [6.45, 7) is 17.5. The maximum Gasteiger partial charge on any atom is 0.207 e. The molecule has 0 aromatic rings. The van der Waals surface area contributed by atoms with Gasteiger partial charge in [0, 0.05) is 0 Å². The summed E-state index contributed by atoms with van der Waals surface area (Å²) < 4.78 is 12.2. The van der Waals surface area contributed by atoms with Crippen LogP contribution in [0.5, 0.6) is 0 Å². The molecule has 5 aliphatic rings. The fraction of sp³-hybridized carbons (Fsp3) is 0.833. The second-order valence-corrected chi connectivity index (χ2v) is 12.0. The van der Waals surface area contributed by atoms with Crippen molar-refractivity contribution in [1.82, 2.24) is 19.6 Å². The Balaban J connectivity index is 1.32. The molecule has 4 aliphatic heterocycles. The van der Waals surface area contributed by atoms with Gasteiger partial charge in [-0.15, -0.1) is 0 Å². The van der Waals surface area contributed by atoms with Crippen LogP contribution in [0.25, 0.3) is 0 Å². The van der Waals surface area contributed by atoms with Gasteiger partial charge in [0.2, 0.25) is 11.8 Å². The second-order valence-electron chi connectivity index (χ2n) is 12.0. The maximum absolute atomic E-state index is 6.10. The normalized spacial score (nSPS) is 33.9. The van der Waals surface area contributed by atoms with Crippen LogP contribution in [0.4, 0.5) is 0 Å². The summed E-state index contributed by atoms with van der Waals surface area (Å²) in [7, 11) is 0. The van der Waals surface area contributed by atoms with Crippen LogP contribution in [0.3, 0.4) is 0 Å². The summed E-state index contributed by atoms with van der Waals surface area (Å²) in [5.41, 5.74) is 0.446. The minimum atomic E-state index is 0.223. The molecule has 0 spiro atoms. The summed E-state index contributed by atoms with van der Waals surface area (Å²) in [6, 6.07) is 1.98. The van der Waals surface area contributed by atoms with Crippen molar-refractivity contribution in [2.24, 2.45) is 10.8 Å². The lowest BCUT2D eigenvalue weighted by atomic mass is 9.86. The second kappa shape index (κ2) is 6.89. The van der Waals surface area contributed by atoms with Gasteiger partial charge in [-0.2, -0.15) is 0 Å². The van der Waals surface area contributed by atoms with Crippen molar-refractivity contribution in [2.75, 3.05) is 26.6 Å². The van der Waals surface area contributed by atoms with Crippen LogP contribution in [0, 0.1) is 10.8 Å². The van der Waals surface area contributed by atoms with Gasteiger partial charge < -0.3 is 29.1 Å². The molecule has 0 amide bonds. The molecule has 5 rings (SSSR count). The molecule has 0 radical (unpaired) electrons. The van der Waals surface area contributed by atoms with Crippen molar-refractivity contribution in [3.63, 3.8) is 0 Å². The van der Waals surface area contributed by atoms with Gasteiger partial charge in [-0.1, -0.05) is 54.4 Å². The molecule has 0 N–H and O–H groups in total. The van der Waals surface area contributed by atoms with Gasteiger partial charge in [-0.25, -0.2) is 0 Å². The minimum absolute atomic E-state index is 0.223. The standard InChI is InChI=1S/C24H40N4O2/c1-23(2,3)19-13-29-21-11-25(15-27(19)21)17-9-7-8-10-18(17)26-12-22-28(16-26)20(14-30-22)24(4,5)6/h11-12,17-20H,7-10,13-16H2,1-6H3/t17?,18?,19-,20-/m1/s1. The zero-order valence-corrected chi connectivity index (χ0v) is 19.7. The van der Waals surface area contributed by atoms with E-state index < -0.39 is 0 Å². The van der Waals surface area contributed by atoms with E-state index in [-0.39, 0.29) is 10.8 Å². The molecule has 4 heterocycles. The number of rotatable bonds is 2. The zero-order valence-electron chi connectivity index (χ0n) is 19.7. The molecule has 1 saturated carbocycles. The van der Waals surface area contributed by atoms with E-state index in [4.69, 9.17) is 9.47 Å². The zero-order chi connectivity index (χ0) is 21.3. The molecule has 168 valence electrons. The van der Waals surface area contributed by atoms with Crippen molar-refractivity contribution in [1.29, 1.82) is 0 Å². The third kappa shape index (κ3) is 3.31. The lowest BCUT2D eigenvalue weighted by Crippen LogP contribution is -2.53. The fourth-order valence-electron chi connectivity index (χ4n) is 5.96. The molecule has 2 saturated heterocycles. The monoisotopic (exact) mass is 416 g/mol. The summed E-state index contributed by atoms with van der Waals surface area (Å²) in [5, 5.41) is 0. The van der Waals surface area contributed by atoms with E-state index in [2.05, 4.69) is 73.5 Å². The quantitative estimate of drug-likeness (QED) is 0.678. The molecule has 0 aromatic carbocycles. The van der Waals surface area contributed by atoms with Gasteiger partial charge in [-0.05, 0) is 23.7 Å². The lowest BCUT2D eigenvalue weighted by Gasteiger charge is -2.44. The van der Waals surface area contributed by atoms with Crippen molar-refractivity contribution >= 4 is 0 Å². The van der Waals surface area contributed by atoms with Crippen molar-refractivity contribution in [3.8, 4) is 0 Å². The first-order chi connectivity index (χ1) is 14.1. The van der Waals surface area contributed by atoms with Crippen molar-refractivity contribution in [3.05, 3.63) is 24.2 Å². The highest BCUT2D eigenvalue weighted by Gasteiger charge is 2.47. The van der Waals surface area contributed by atoms with Gasteiger partial charge in [0.15, 0.2) is 0 Å². The first-order valence-electron chi connectivity index (χ1n) is 11.9. The Labute approximate surface area is 182 Å². The van der Waals surface area contributed by atoms with Gasteiger partial charge in [0.1, 0.15) is 13.2 Å². The average molecular weight is 417 g/mol. The predicted octanol–water partition coefficient (Wildman–Crippen LogP) is 3.94. The molecular formula is C24H40N4O2. The molecule has 1 aliphatic carbocycles. The summed E-state index contributed by atoms with van der Waals surface area (Å²) in [6.07, 6.45) is 9.75. The highest BCUT2D eigenvalue weighted by Crippen LogP contribution is 2.41. The molecule has 0 aromatic heterocycles. The van der Waals surface area contributed by atoms with Crippen LogP contribution in [0.1, 0.15) is 67.2 Å². The average Bonchev–Trinajstić information content (AvgIpc) is 3.38. The van der Waals surface area contributed by atoms with E-state index in [1.807, 2.05) is 0 Å². The Hall–Kier alpha value is -1.72. The number of nitrogens with zero attached hydrogens (tertiary/aromatic N) is 4. The molecule has 0 bridgehead atoms. The van der Waals surface area contributed by atoms with Crippen LogP contribution in [-0.2, 0) is 9.47 Å². The van der Waals surface area contributed by atoms with Gasteiger partial charge in [-0.3, -0.25) is 0 Å². The predicted molar refractivity (Wildman–Crippen MR) is 118 cm³/mol. The molecule has 30 heavy (non-hydrogen) atoms. The highest BCUT2D eigenvalue weighted by atomic mass is 16.5. The molecule has 3 fully saturated rings. The van der Waals surface area contributed by atoms with E-state index in [0.29, 0.717) is 24.2 Å². The number of hydrogen-bond donors (Lipinski definition) is 0. The maximum atomic E-state index is 6.10. The fourth-order valence-corrected chi connectivity index (χ4v) is 5.96. The van der Waals surface area contributed by atoms with E-state index in [0.717, 1.165) is 38.3 Å². The SMILES string of the molecule is CC(C)(C)[C@H]1COC2=CN(C3CCCCC3N3C=C4OC[C@H](C(C)(C)C)N4C3)CN21. The van der Waals surface area contributed by atoms with Crippen LogP contribution in [0.15, 0.2) is 24.2 Å². The molecule has 6 nitrogen and oxygen atoms in total. The summed E-state index contributed by atoms with van der Waals surface area (Å²) in [4.78, 5) is 10.1. The smallest absolute Gasteiger partial charge is 0.207 e. The van der Waals surface area contributed by atoms with E-state index in [9.17, 15) is 0 Å². The molecule has 6 heteroatoms. The van der Waals surface area contributed by atoms with Crippen LogP contribution < -0.4 is 0 Å².